The number of sulfonamides is 1. The molecule has 1 aromatic rings. The molecule has 25 heavy (non-hydrogen) atoms. The molecule has 0 bridgehead atoms. The van der Waals surface area contributed by atoms with Crippen LogP contribution in [0.2, 0.25) is 0 Å². The van der Waals surface area contributed by atoms with Gasteiger partial charge in [0.1, 0.15) is 16.4 Å². The molecule has 4 unspecified atom stereocenters. The van der Waals surface area contributed by atoms with Gasteiger partial charge in [-0.15, -0.1) is 11.3 Å². The van der Waals surface area contributed by atoms with Crippen molar-refractivity contribution in [3.05, 3.63) is 17.5 Å². The minimum atomic E-state index is -3.58. The van der Waals surface area contributed by atoms with Gasteiger partial charge >= 0.3 is 0 Å². The van der Waals surface area contributed by atoms with Gasteiger partial charge in [0.05, 0.1) is 18.8 Å². The number of rotatable bonds is 6. The quantitative estimate of drug-likeness (QED) is 0.644. The third-order valence-corrected chi connectivity index (χ3v) is 7.94. The van der Waals surface area contributed by atoms with Gasteiger partial charge in [0.2, 0.25) is 10.0 Å². The number of nitrogens with zero attached hydrogens (tertiary/aromatic N) is 1. The van der Waals surface area contributed by atoms with Crippen LogP contribution in [-0.4, -0.2) is 74.1 Å². The average molecular weight is 391 g/mol. The second kappa shape index (κ2) is 7.99. The monoisotopic (exact) mass is 390 g/mol. The number of ether oxygens (including phenoxy) is 1. The summed E-state index contributed by atoms with van der Waals surface area (Å²) in [5.74, 6) is 0.653. The van der Waals surface area contributed by atoms with Crippen LogP contribution in [0.15, 0.2) is 21.7 Å². The van der Waals surface area contributed by atoms with Crippen LogP contribution in [0.3, 0.4) is 0 Å². The van der Waals surface area contributed by atoms with Gasteiger partial charge in [-0.05, 0) is 43.3 Å². The third kappa shape index (κ3) is 4.24. The molecular formula is C16H26N2O5S2. The summed E-state index contributed by atoms with van der Waals surface area (Å²) in [7, 11) is -3.58. The Kier molecular flexibility index (Phi) is 6.15. The van der Waals surface area contributed by atoms with Crippen molar-refractivity contribution in [2.75, 3.05) is 26.2 Å². The maximum Gasteiger partial charge on any atom is 0.250 e. The number of thiophene rings is 1. The Hall–Kier alpha value is -0.550. The zero-order valence-electron chi connectivity index (χ0n) is 14.2. The first-order chi connectivity index (χ1) is 11.9. The Bertz CT molecular complexity index is 643. The molecule has 3 rings (SSSR count). The van der Waals surface area contributed by atoms with Crippen molar-refractivity contribution in [2.24, 2.45) is 5.92 Å². The molecule has 142 valence electrons. The summed E-state index contributed by atoms with van der Waals surface area (Å²) in [6, 6.07) is 2.93. The highest BCUT2D eigenvalue weighted by Crippen LogP contribution is 2.29. The summed E-state index contributed by atoms with van der Waals surface area (Å²) in [4.78, 5) is 2.17. The highest BCUT2D eigenvalue weighted by molar-refractivity contribution is 7.91. The number of nitrogens with one attached hydrogen (secondary N) is 1. The van der Waals surface area contributed by atoms with E-state index >= 15 is 0 Å². The van der Waals surface area contributed by atoms with E-state index in [4.69, 9.17) is 4.74 Å². The number of hydrogen-bond acceptors (Lipinski definition) is 7. The van der Waals surface area contributed by atoms with Crippen molar-refractivity contribution in [3.8, 4) is 0 Å². The molecule has 3 heterocycles. The van der Waals surface area contributed by atoms with Crippen LogP contribution in [0.25, 0.3) is 0 Å². The maximum atomic E-state index is 12.3. The molecule has 0 radical (unpaired) electrons. The Labute approximate surface area is 152 Å². The van der Waals surface area contributed by atoms with Crippen LogP contribution >= 0.6 is 11.3 Å². The van der Waals surface area contributed by atoms with E-state index in [2.05, 4.69) is 16.5 Å². The molecule has 2 fully saturated rings. The molecule has 2 aliphatic heterocycles. The highest BCUT2D eigenvalue weighted by atomic mass is 32.2. The molecule has 0 spiro atoms. The van der Waals surface area contributed by atoms with Crippen LogP contribution in [0.1, 0.15) is 19.8 Å². The Morgan fingerprint density at radius 2 is 2.08 bits per heavy atom. The standard InChI is InChI=1S/C16H26N2O5S2/c1-11-4-6-18(7-5-11)15-12(23-13(10-19)16(15)20)9-17-25(21,22)14-3-2-8-24-14/h2-3,8,11-13,15-17,19-20H,4-7,9-10H2,1H3. The first-order valence-corrected chi connectivity index (χ1v) is 11.0. The molecule has 2 saturated heterocycles. The van der Waals surface area contributed by atoms with Gasteiger partial charge in [-0.1, -0.05) is 13.0 Å². The number of likely N-dealkylation sites (tertiary alicyclic amines) is 1. The van der Waals surface area contributed by atoms with E-state index in [0.29, 0.717) is 5.92 Å². The second-order valence-electron chi connectivity index (χ2n) is 6.88. The number of aliphatic hydroxyl groups excluding tert-OH is 2. The molecule has 1 aromatic heterocycles. The third-order valence-electron chi connectivity index (χ3n) is 5.12. The van der Waals surface area contributed by atoms with E-state index in [1.807, 2.05) is 0 Å². The zero-order valence-corrected chi connectivity index (χ0v) is 15.9. The number of hydrogen-bond donors (Lipinski definition) is 3. The maximum absolute atomic E-state index is 12.3. The molecule has 0 aliphatic carbocycles. The predicted molar refractivity (Wildman–Crippen MR) is 95.0 cm³/mol. The van der Waals surface area contributed by atoms with Gasteiger partial charge in [-0.3, -0.25) is 4.90 Å². The fourth-order valence-electron chi connectivity index (χ4n) is 3.60. The lowest BCUT2D eigenvalue weighted by molar-refractivity contribution is -0.0201. The van der Waals surface area contributed by atoms with Crippen LogP contribution in [0.5, 0.6) is 0 Å². The van der Waals surface area contributed by atoms with Gasteiger partial charge in [0.15, 0.2) is 0 Å². The summed E-state index contributed by atoms with van der Waals surface area (Å²) >= 11 is 1.16. The van der Waals surface area contributed by atoms with Crippen molar-refractivity contribution in [3.63, 3.8) is 0 Å². The van der Waals surface area contributed by atoms with Crippen molar-refractivity contribution < 1.29 is 23.4 Å². The number of piperidine rings is 1. The summed E-state index contributed by atoms with van der Waals surface area (Å²) < 4.78 is 33.3. The number of aliphatic hydroxyl groups is 2. The Balaban J connectivity index is 1.69. The summed E-state index contributed by atoms with van der Waals surface area (Å²) in [6.45, 7) is 3.69. The summed E-state index contributed by atoms with van der Waals surface area (Å²) in [5, 5.41) is 21.7. The van der Waals surface area contributed by atoms with E-state index < -0.39 is 28.3 Å². The lowest BCUT2D eigenvalue weighted by atomic mass is 9.94. The average Bonchev–Trinajstić information content (AvgIpc) is 3.23. The van der Waals surface area contributed by atoms with Crippen molar-refractivity contribution in [1.29, 1.82) is 0 Å². The predicted octanol–water partition coefficient (Wildman–Crippen LogP) is 0.247. The van der Waals surface area contributed by atoms with Crippen molar-refractivity contribution in [1.82, 2.24) is 9.62 Å². The van der Waals surface area contributed by atoms with Gasteiger partial charge < -0.3 is 14.9 Å². The smallest absolute Gasteiger partial charge is 0.250 e. The second-order valence-corrected chi connectivity index (χ2v) is 9.82. The van der Waals surface area contributed by atoms with Crippen molar-refractivity contribution >= 4 is 21.4 Å². The molecule has 9 heteroatoms. The molecule has 7 nitrogen and oxygen atoms in total. The largest absolute Gasteiger partial charge is 0.394 e. The van der Waals surface area contributed by atoms with Crippen LogP contribution in [0, 0.1) is 5.92 Å². The highest BCUT2D eigenvalue weighted by Gasteiger charge is 2.46. The molecule has 4 atom stereocenters. The lowest BCUT2D eigenvalue weighted by Gasteiger charge is -2.38. The normalized spacial score (nSPS) is 32.3. The molecule has 3 N–H and O–H groups in total. The molecule has 0 saturated carbocycles. The zero-order chi connectivity index (χ0) is 18.0. The molecular weight excluding hydrogens is 364 g/mol. The first kappa shape index (κ1) is 19.2. The van der Waals surface area contributed by atoms with Crippen LogP contribution in [0.4, 0.5) is 0 Å². The van der Waals surface area contributed by atoms with Gasteiger partial charge in [0.25, 0.3) is 0 Å². The first-order valence-electron chi connectivity index (χ1n) is 8.64. The van der Waals surface area contributed by atoms with E-state index in [0.717, 1.165) is 37.3 Å². The van der Waals surface area contributed by atoms with Crippen LogP contribution in [-0.2, 0) is 14.8 Å². The lowest BCUT2D eigenvalue weighted by Crippen LogP contribution is -2.53. The van der Waals surface area contributed by atoms with Gasteiger partial charge in [-0.25, -0.2) is 13.1 Å². The minimum absolute atomic E-state index is 0.0739. The fourth-order valence-corrected chi connectivity index (χ4v) is 5.68. The summed E-state index contributed by atoms with van der Waals surface area (Å²) in [6.07, 6.45) is 0.0898. The van der Waals surface area contributed by atoms with Crippen molar-refractivity contribution in [2.45, 2.75) is 48.3 Å². The Morgan fingerprint density at radius 1 is 1.36 bits per heavy atom. The SMILES string of the molecule is CC1CCN(C2C(CNS(=O)(=O)c3cccs3)OC(CO)C2O)CC1. The van der Waals surface area contributed by atoms with Crippen LogP contribution < -0.4 is 4.72 Å². The van der Waals surface area contributed by atoms with E-state index in [-0.39, 0.29) is 23.4 Å². The van der Waals surface area contributed by atoms with Gasteiger partial charge in [-0.2, -0.15) is 0 Å². The Morgan fingerprint density at radius 3 is 2.68 bits per heavy atom. The van der Waals surface area contributed by atoms with E-state index in [9.17, 15) is 18.6 Å². The topological polar surface area (TPSA) is 99.1 Å². The van der Waals surface area contributed by atoms with E-state index in [1.54, 1.807) is 17.5 Å². The minimum Gasteiger partial charge on any atom is -0.394 e. The van der Waals surface area contributed by atoms with E-state index in [1.165, 1.54) is 0 Å². The van der Waals surface area contributed by atoms with Gasteiger partial charge in [0, 0.05) is 6.54 Å². The summed E-state index contributed by atoms with van der Waals surface area (Å²) in [5.41, 5.74) is 0. The fraction of sp³-hybridized carbons (Fsp3) is 0.750. The molecule has 2 aliphatic rings. The molecule has 0 aromatic carbocycles. The molecule has 0 amide bonds.